The number of esters is 1. The Morgan fingerprint density at radius 1 is 1.28 bits per heavy atom. The molecular formula is C36H54ClN3O9S. The lowest BCUT2D eigenvalue weighted by atomic mass is 9.84. The Kier molecular flexibility index (Phi) is 14.4. The number of carbonyl (C=O) groups excluding carboxylic acids is 3. The van der Waals surface area contributed by atoms with Gasteiger partial charge in [-0.3, -0.25) is 9.59 Å². The van der Waals surface area contributed by atoms with Crippen LogP contribution in [0.3, 0.4) is 0 Å². The summed E-state index contributed by atoms with van der Waals surface area (Å²) in [6.45, 7) is 8.78. The standard InChI is InChI=1S/C36H54ClN3O9S/c1-20-11-10-12-28(47-9)36(38,45)19-26(41)22(3)33-35(5,49-33)29(48-34(44)23(4)39(6)30(42)14-13-21(2)50)18-31(43)40(7)25-16-24(15-20)17-27(46-8)32(25)37/h10-12,16-17,21-23,26,28-29,33,41,45,50H,13-15,18-19,38H2,1-9H3/b12-10+,20-11+/t21-,22?,23-,26?,28?,29?,33?,35?,36?/m0/s1. The van der Waals surface area contributed by atoms with Gasteiger partial charge in [0.2, 0.25) is 11.8 Å². The summed E-state index contributed by atoms with van der Waals surface area (Å²) in [6, 6.07) is 2.61. The highest BCUT2D eigenvalue weighted by atomic mass is 35.5. The number of thiol groups is 1. The molecule has 0 radical (unpaired) electrons. The van der Waals surface area contributed by atoms with Gasteiger partial charge in [-0.25, -0.2) is 4.79 Å². The predicted octanol–water partition coefficient (Wildman–Crippen LogP) is 3.82. The van der Waals surface area contributed by atoms with Crippen LogP contribution in [0.1, 0.15) is 65.9 Å². The zero-order valence-corrected chi connectivity index (χ0v) is 32.2. The van der Waals surface area contributed by atoms with Crippen molar-refractivity contribution in [1.29, 1.82) is 0 Å². The fourth-order valence-corrected chi connectivity index (χ4v) is 6.61. The summed E-state index contributed by atoms with van der Waals surface area (Å²) in [5, 5.41) is 22.7. The minimum Gasteiger partial charge on any atom is -0.495 e. The first-order chi connectivity index (χ1) is 23.3. The average Bonchev–Trinajstić information content (AvgIpc) is 3.75. The first-order valence-electron chi connectivity index (χ1n) is 16.8. The number of allylic oxidation sites excluding steroid dienone is 3. The first-order valence-corrected chi connectivity index (χ1v) is 17.7. The monoisotopic (exact) mass is 739 g/mol. The number of nitrogens with zero attached hydrogens (tertiary/aromatic N) is 2. The summed E-state index contributed by atoms with van der Waals surface area (Å²) >= 11 is 11.1. The molecule has 280 valence electrons. The number of likely N-dealkylation sites (N-methyl/N-ethyl adjacent to an activating group) is 1. The fraction of sp³-hybridized carbons (Fsp3) is 0.639. The molecule has 4 N–H and O–H groups in total. The number of amides is 2. The number of anilines is 1. The zero-order valence-electron chi connectivity index (χ0n) is 30.5. The molecule has 7 unspecified atom stereocenters. The van der Waals surface area contributed by atoms with Crippen LogP contribution in [0.5, 0.6) is 5.75 Å². The molecule has 2 aliphatic heterocycles. The van der Waals surface area contributed by atoms with E-state index in [1.807, 2.05) is 19.9 Å². The molecule has 14 heteroatoms. The molecular weight excluding hydrogens is 686 g/mol. The lowest BCUT2D eigenvalue weighted by molar-refractivity contribution is -0.162. The van der Waals surface area contributed by atoms with Crippen LogP contribution in [0.2, 0.25) is 5.02 Å². The molecule has 1 aromatic rings. The highest BCUT2D eigenvalue weighted by Gasteiger charge is 2.63. The highest BCUT2D eigenvalue weighted by molar-refractivity contribution is 7.80. The normalized spacial score (nSPS) is 32.2. The summed E-state index contributed by atoms with van der Waals surface area (Å²) in [4.78, 5) is 43.1. The van der Waals surface area contributed by atoms with Crippen molar-refractivity contribution in [3.63, 3.8) is 0 Å². The molecule has 1 saturated heterocycles. The molecule has 0 saturated carbocycles. The van der Waals surface area contributed by atoms with Gasteiger partial charge in [0.05, 0.1) is 31.4 Å². The van der Waals surface area contributed by atoms with Gasteiger partial charge < -0.3 is 44.7 Å². The van der Waals surface area contributed by atoms with Gasteiger partial charge in [-0.2, -0.15) is 12.6 Å². The predicted molar refractivity (Wildman–Crippen MR) is 195 cm³/mol. The molecule has 2 amide bonds. The number of methoxy groups -OCH3 is 2. The summed E-state index contributed by atoms with van der Waals surface area (Å²) < 4.78 is 23.2. The Morgan fingerprint density at radius 3 is 2.54 bits per heavy atom. The van der Waals surface area contributed by atoms with Gasteiger partial charge >= 0.3 is 5.97 Å². The third-order valence-electron chi connectivity index (χ3n) is 9.79. The van der Waals surface area contributed by atoms with E-state index in [1.165, 1.54) is 31.1 Å². The Balaban J connectivity index is 2.05. The minimum absolute atomic E-state index is 0.0114. The number of halogens is 1. The summed E-state index contributed by atoms with van der Waals surface area (Å²) in [7, 11) is 6.00. The number of carbonyl (C=O) groups is 3. The van der Waals surface area contributed by atoms with Crippen molar-refractivity contribution < 1.29 is 43.5 Å². The Labute approximate surface area is 306 Å². The SMILES string of the molecule is COc1cc2cc(c1Cl)N(C)C(=O)CC(OC(=O)[C@H](C)N(C)C(=O)CC[C@H](C)S)C1(C)OC1C(C)C(O)CC(N)(O)C(OC)/C=C/C=C(\C)C2. The number of benzene rings is 1. The third kappa shape index (κ3) is 10.0. The molecule has 2 heterocycles. The minimum atomic E-state index is -1.95. The number of hydrogen-bond acceptors (Lipinski definition) is 11. The van der Waals surface area contributed by atoms with Crippen molar-refractivity contribution >= 4 is 47.7 Å². The van der Waals surface area contributed by atoms with Crippen LogP contribution in [-0.4, -0.2) is 108 Å². The van der Waals surface area contributed by atoms with Crippen LogP contribution in [0.25, 0.3) is 0 Å². The van der Waals surface area contributed by atoms with Gasteiger partial charge in [-0.1, -0.05) is 49.2 Å². The maximum Gasteiger partial charge on any atom is 0.328 e. The number of rotatable bonds is 8. The van der Waals surface area contributed by atoms with E-state index in [4.69, 9.17) is 36.3 Å². The summed E-state index contributed by atoms with van der Waals surface area (Å²) in [5.74, 6) is -1.65. The summed E-state index contributed by atoms with van der Waals surface area (Å²) in [6.07, 6.45) is 1.89. The van der Waals surface area contributed by atoms with Gasteiger partial charge in [0.25, 0.3) is 0 Å². The molecule has 1 aromatic carbocycles. The third-order valence-corrected chi connectivity index (χ3v) is 10.4. The number of hydrogen-bond donors (Lipinski definition) is 4. The molecule has 0 spiro atoms. The van der Waals surface area contributed by atoms with E-state index in [0.717, 1.165) is 11.1 Å². The molecule has 2 aliphatic rings. The van der Waals surface area contributed by atoms with Gasteiger partial charge in [0.15, 0.2) is 0 Å². The van der Waals surface area contributed by atoms with Crippen molar-refractivity contribution in [3.8, 4) is 5.75 Å². The van der Waals surface area contributed by atoms with Crippen LogP contribution in [-0.2, 0) is 35.0 Å². The van der Waals surface area contributed by atoms with E-state index in [-0.39, 0.29) is 35.4 Å². The smallest absolute Gasteiger partial charge is 0.328 e. The number of aliphatic hydroxyl groups is 2. The van der Waals surface area contributed by atoms with Crippen LogP contribution in [0.4, 0.5) is 5.69 Å². The van der Waals surface area contributed by atoms with Gasteiger partial charge in [0.1, 0.15) is 40.3 Å². The molecule has 9 atom stereocenters. The summed E-state index contributed by atoms with van der Waals surface area (Å²) in [5.41, 5.74) is 5.27. The number of epoxide rings is 1. The van der Waals surface area contributed by atoms with E-state index in [0.29, 0.717) is 24.3 Å². The zero-order chi connectivity index (χ0) is 37.7. The Morgan fingerprint density at radius 2 is 1.94 bits per heavy atom. The van der Waals surface area contributed by atoms with E-state index in [9.17, 15) is 24.6 Å². The average molecular weight is 740 g/mol. The second kappa shape index (κ2) is 17.2. The number of ether oxygens (including phenoxy) is 4. The first kappa shape index (κ1) is 41.8. The highest BCUT2D eigenvalue weighted by Crippen LogP contribution is 2.48. The molecule has 1 fully saturated rings. The molecule has 12 nitrogen and oxygen atoms in total. The van der Waals surface area contributed by atoms with Crippen molar-refractivity contribution in [2.24, 2.45) is 11.7 Å². The lowest BCUT2D eigenvalue weighted by Crippen LogP contribution is -2.54. The number of nitrogens with two attached hydrogens (primary N) is 1. The number of fused-ring (bicyclic) bond motifs is 3. The second-order valence-corrected chi connectivity index (χ2v) is 15.1. The van der Waals surface area contributed by atoms with Crippen LogP contribution < -0.4 is 15.4 Å². The van der Waals surface area contributed by atoms with E-state index in [1.54, 1.807) is 52.1 Å². The molecule has 3 rings (SSSR count). The molecule has 50 heavy (non-hydrogen) atoms. The fourth-order valence-electron chi connectivity index (χ4n) is 6.16. The van der Waals surface area contributed by atoms with Crippen molar-refractivity contribution in [2.45, 2.75) is 114 Å². The quantitative estimate of drug-likeness (QED) is 0.133. The van der Waals surface area contributed by atoms with E-state index in [2.05, 4.69) is 12.6 Å². The van der Waals surface area contributed by atoms with Gasteiger partial charge in [-0.15, -0.1) is 0 Å². The van der Waals surface area contributed by atoms with Crippen molar-refractivity contribution in [2.75, 3.05) is 33.2 Å². The lowest BCUT2D eigenvalue weighted by Gasteiger charge is -2.33. The van der Waals surface area contributed by atoms with E-state index < -0.39 is 59.6 Å². The van der Waals surface area contributed by atoms with Crippen molar-refractivity contribution in [1.82, 2.24) is 4.90 Å². The van der Waals surface area contributed by atoms with Crippen LogP contribution in [0, 0.1) is 5.92 Å². The maximum atomic E-state index is 14.0. The Bertz CT molecular complexity index is 1450. The van der Waals surface area contributed by atoms with Crippen LogP contribution in [0.15, 0.2) is 35.9 Å². The largest absolute Gasteiger partial charge is 0.495 e. The topological polar surface area (TPSA) is 164 Å². The van der Waals surface area contributed by atoms with Crippen LogP contribution >= 0.6 is 24.2 Å². The Hall–Kier alpha value is -2.65. The maximum absolute atomic E-state index is 14.0. The van der Waals surface area contributed by atoms with Crippen molar-refractivity contribution in [3.05, 3.63) is 46.5 Å². The number of aliphatic hydroxyl groups excluding tert-OH is 1. The molecule has 0 aliphatic carbocycles. The molecule has 2 bridgehead atoms. The second-order valence-electron chi connectivity index (χ2n) is 13.9. The van der Waals surface area contributed by atoms with Gasteiger partial charge in [-0.05, 0) is 56.6 Å². The van der Waals surface area contributed by atoms with E-state index >= 15 is 0 Å². The van der Waals surface area contributed by atoms with Gasteiger partial charge in [0, 0.05) is 40.0 Å². The molecule has 0 aromatic heterocycles.